The summed E-state index contributed by atoms with van der Waals surface area (Å²) in [6.45, 7) is 0.750. The summed E-state index contributed by atoms with van der Waals surface area (Å²) in [6.07, 6.45) is 9.16. The first-order chi connectivity index (χ1) is 9.43. The second kappa shape index (κ2) is 5.35. The molecule has 3 aromatic rings. The summed E-state index contributed by atoms with van der Waals surface area (Å²) in [6, 6.07) is 12.2. The smallest absolute Gasteiger partial charge is 0.0992 e. The van der Waals surface area contributed by atoms with E-state index in [1.807, 2.05) is 35.2 Å². The molecule has 0 aliphatic rings. The lowest BCUT2D eigenvalue weighted by Gasteiger charge is -2.12. The Morgan fingerprint density at radius 2 is 1.95 bits per heavy atom. The third kappa shape index (κ3) is 2.63. The Kier molecular flexibility index (Phi) is 3.23. The van der Waals surface area contributed by atoms with Gasteiger partial charge in [-0.3, -0.25) is 4.98 Å². The zero-order valence-electron chi connectivity index (χ0n) is 10.4. The van der Waals surface area contributed by atoms with Gasteiger partial charge in [0.05, 0.1) is 17.7 Å². The fourth-order valence-corrected chi connectivity index (χ4v) is 1.95. The molecular weight excluding hydrogens is 236 g/mol. The van der Waals surface area contributed by atoms with Crippen molar-refractivity contribution in [2.75, 3.05) is 5.32 Å². The van der Waals surface area contributed by atoms with E-state index in [-0.39, 0.29) is 0 Å². The molecule has 2 aromatic heterocycles. The SMILES string of the molecule is c1cncc(CNc2ccccc2-n2ccnc2)c1. The Hall–Kier alpha value is -2.62. The summed E-state index contributed by atoms with van der Waals surface area (Å²) < 4.78 is 1.99. The van der Waals surface area contributed by atoms with Crippen LogP contribution in [0.25, 0.3) is 5.69 Å². The Morgan fingerprint density at radius 3 is 2.74 bits per heavy atom. The summed E-state index contributed by atoms with van der Waals surface area (Å²) in [5.74, 6) is 0. The van der Waals surface area contributed by atoms with Gasteiger partial charge in [0, 0.05) is 31.3 Å². The highest BCUT2D eigenvalue weighted by molar-refractivity contribution is 5.61. The number of hydrogen-bond donors (Lipinski definition) is 1. The normalized spacial score (nSPS) is 10.3. The zero-order chi connectivity index (χ0) is 12.9. The van der Waals surface area contributed by atoms with Gasteiger partial charge in [0.2, 0.25) is 0 Å². The van der Waals surface area contributed by atoms with Crippen LogP contribution in [0.1, 0.15) is 5.56 Å². The van der Waals surface area contributed by atoms with Gasteiger partial charge in [-0.2, -0.15) is 0 Å². The van der Waals surface area contributed by atoms with Gasteiger partial charge in [0.15, 0.2) is 0 Å². The largest absolute Gasteiger partial charge is 0.379 e. The predicted octanol–water partition coefficient (Wildman–Crippen LogP) is 2.88. The van der Waals surface area contributed by atoms with Crippen molar-refractivity contribution in [3.05, 3.63) is 73.1 Å². The summed E-state index contributed by atoms with van der Waals surface area (Å²) in [5.41, 5.74) is 3.32. The predicted molar refractivity (Wildman–Crippen MR) is 75.1 cm³/mol. The monoisotopic (exact) mass is 250 g/mol. The molecule has 1 aromatic carbocycles. The van der Waals surface area contributed by atoms with Gasteiger partial charge in [0.1, 0.15) is 0 Å². The van der Waals surface area contributed by atoms with Crippen molar-refractivity contribution in [2.45, 2.75) is 6.54 Å². The Labute approximate surface area is 111 Å². The van der Waals surface area contributed by atoms with Crippen molar-refractivity contribution in [2.24, 2.45) is 0 Å². The van der Waals surface area contributed by atoms with Gasteiger partial charge in [-0.15, -0.1) is 0 Å². The minimum atomic E-state index is 0.750. The van der Waals surface area contributed by atoms with E-state index >= 15 is 0 Å². The van der Waals surface area contributed by atoms with E-state index < -0.39 is 0 Å². The lowest BCUT2D eigenvalue weighted by molar-refractivity contribution is 1.04. The first kappa shape index (κ1) is 11.5. The summed E-state index contributed by atoms with van der Waals surface area (Å²) in [4.78, 5) is 8.20. The highest BCUT2D eigenvalue weighted by atomic mass is 15.0. The quantitative estimate of drug-likeness (QED) is 0.774. The highest BCUT2D eigenvalue weighted by Gasteiger charge is 2.02. The third-order valence-corrected chi connectivity index (χ3v) is 2.89. The molecule has 19 heavy (non-hydrogen) atoms. The number of hydrogen-bond acceptors (Lipinski definition) is 3. The van der Waals surface area contributed by atoms with Crippen LogP contribution < -0.4 is 5.32 Å². The van der Waals surface area contributed by atoms with Gasteiger partial charge < -0.3 is 9.88 Å². The molecule has 94 valence electrons. The molecule has 0 aliphatic carbocycles. The van der Waals surface area contributed by atoms with Crippen LogP contribution in [0.2, 0.25) is 0 Å². The van der Waals surface area contributed by atoms with E-state index in [0.717, 1.165) is 23.5 Å². The number of imidazole rings is 1. The van der Waals surface area contributed by atoms with E-state index in [0.29, 0.717) is 0 Å². The van der Waals surface area contributed by atoms with Gasteiger partial charge in [-0.25, -0.2) is 4.98 Å². The van der Waals surface area contributed by atoms with E-state index in [1.54, 1.807) is 18.7 Å². The molecule has 0 amide bonds. The molecule has 4 nitrogen and oxygen atoms in total. The van der Waals surface area contributed by atoms with E-state index in [2.05, 4.69) is 33.5 Å². The molecule has 3 rings (SSSR count). The molecule has 0 bridgehead atoms. The van der Waals surface area contributed by atoms with Crippen LogP contribution in [-0.2, 0) is 6.54 Å². The molecule has 0 saturated heterocycles. The first-order valence-corrected chi connectivity index (χ1v) is 6.13. The molecule has 0 unspecified atom stereocenters. The first-order valence-electron chi connectivity index (χ1n) is 6.13. The molecule has 0 aliphatic heterocycles. The molecular formula is C15H14N4. The van der Waals surface area contributed by atoms with Crippen LogP contribution in [-0.4, -0.2) is 14.5 Å². The van der Waals surface area contributed by atoms with Crippen LogP contribution in [0, 0.1) is 0 Å². The van der Waals surface area contributed by atoms with Crippen molar-refractivity contribution in [3.63, 3.8) is 0 Å². The Morgan fingerprint density at radius 1 is 1.00 bits per heavy atom. The maximum Gasteiger partial charge on any atom is 0.0992 e. The summed E-state index contributed by atoms with van der Waals surface area (Å²) in [7, 11) is 0. The van der Waals surface area contributed by atoms with Crippen molar-refractivity contribution in [1.29, 1.82) is 0 Å². The zero-order valence-corrected chi connectivity index (χ0v) is 10.4. The van der Waals surface area contributed by atoms with Gasteiger partial charge in [0.25, 0.3) is 0 Å². The fraction of sp³-hybridized carbons (Fsp3) is 0.0667. The average Bonchev–Trinajstić information content (AvgIpc) is 3.01. The fourth-order valence-electron chi connectivity index (χ4n) is 1.95. The van der Waals surface area contributed by atoms with Crippen LogP contribution in [0.5, 0.6) is 0 Å². The lowest BCUT2D eigenvalue weighted by atomic mass is 10.2. The highest BCUT2D eigenvalue weighted by Crippen LogP contribution is 2.20. The topological polar surface area (TPSA) is 42.7 Å². The Balaban J connectivity index is 1.82. The summed E-state index contributed by atoms with van der Waals surface area (Å²) >= 11 is 0. The Bertz CT molecular complexity index is 632. The van der Waals surface area contributed by atoms with Crippen molar-refractivity contribution in [3.8, 4) is 5.69 Å². The lowest BCUT2D eigenvalue weighted by Crippen LogP contribution is -2.03. The number of anilines is 1. The number of pyridine rings is 1. The van der Waals surface area contributed by atoms with Crippen molar-refractivity contribution in [1.82, 2.24) is 14.5 Å². The van der Waals surface area contributed by atoms with Gasteiger partial charge >= 0.3 is 0 Å². The van der Waals surface area contributed by atoms with Gasteiger partial charge in [-0.1, -0.05) is 18.2 Å². The minimum Gasteiger partial charge on any atom is -0.379 e. The second-order valence-corrected chi connectivity index (χ2v) is 4.20. The number of aromatic nitrogens is 3. The van der Waals surface area contributed by atoms with Crippen LogP contribution in [0.3, 0.4) is 0 Å². The minimum absolute atomic E-state index is 0.750. The number of nitrogens with one attached hydrogen (secondary N) is 1. The standard InChI is InChI=1S/C15H14N4/c1-2-6-15(19-9-8-17-12-19)14(5-1)18-11-13-4-3-7-16-10-13/h1-10,12,18H,11H2. The molecule has 0 spiro atoms. The molecule has 0 saturated carbocycles. The maximum atomic E-state index is 4.11. The van der Waals surface area contributed by atoms with E-state index in [1.165, 1.54) is 0 Å². The van der Waals surface area contributed by atoms with Crippen LogP contribution in [0.4, 0.5) is 5.69 Å². The third-order valence-electron chi connectivity index (χ3n) is 2.89. The molecule has 0 fully saturated rings. The average molecular weight is 250 g/mol. The molecule has 0 atom stereocenters. The second-order valence-electron chi connectivity index (χ2n) is 4.20. The maximum absolute atomic E-state index is 4.11. The molecule has 0 radical (unpaired) electrons. The number of nitrogens with zero attached hydrogens (tertiary/aromatic N) is 3. The van der Waals surface area contributed by atoms with Crippen molar-refractivity contribution >= 4 is 5.69 Å². The number of benzene rings is 1. The van der Waals surface area contributed by atoms with E-state index in [4.69, 9.17) is 0 Å². The molecule has 2 heterocycles. The summed E-state index contributed by atoms with van der Waals surface area (Å²) in [5, 5.41) is 3.43. The molecule has 4 heteroatoms. The van der Waals surface area contributed by atoms with Crippen molar-refractivity contribution < 1.29 is 0 Å². The van der Waals surface area contributed by atoms with Gasteiger partial charge in [-0.05, 0) is 23.8 Å². The molecule has 1 N–H and O–H groups in total. The number of rotatable bonds is 4. The van der Waals surface area contributed by atoms with E-state index in [9.17, 15) is 0 Å². The van der Waals surface area contributed by atoms with Crippen LogP contribution >= 0.6 is 0 Å². The van der Waals surface area contributed by atoms with Crippen LogP contribution in [0.15, 0.2) is 67.5 Å². The number of para-hydroxylation sites is 2.